The van der Waals surface area contributed by atoms with Crippen LogP contribution in [0.2, 0.25) is 10.0 Å². The molecule has 4 aromatic rings. The number of carbonyl (C=O) groups excluding carboxylic acids is 2. The molecule has 0 aliphatic heterocycles. The van der Waals surface area contributed by atoms with Crippen LogP contribution in [-0.4, -0.2) is 64.2 Å². The number of anilines is 1. The lowest BCUT2D eigenvalue weighted by Crippen LogP contribution is -2.21. The fourth-order valence-corrected chi connectivity index (χ4v) is 5.29. The smallest absolute Gasteiger partial charge is 0.321 e. The maximum Gasteiger partial charge on any atom is 0.417 e. The highest BCUT2D eigenvalue weighted by Crippen LogP contribution is 2.37. The molecule has 2 amide bonds. The Labute approximate surface area is 264 Å². The molecule has 0 saturated heterocycles. The van der Waals surface area contributed by atoms with Gasteiger partial charge in [-0.2, -0.15) is 23.5 Å². The zero-order valence-electron chi connectivity index (χ0n) is 23.2. The highest BCUT2D eigenvalue weighted by Gasteiger charge is 2.33. The Hall–Kier alpha value is -3.98. The van der Waals surface area contributed by atoms with Crippen LogP contribution in [0.25, 0.3) is 0 Å². The summed E-state index contributed by atoms with van der Waals surface area (Å²) in [5, 5.41) is 20.7. The van der Waals surface area contributed by atoms with Gasteiger partial charge in [0.25, 0.3) is 11.8 Å². The molecule has 0 bridgehead atoms. The van der Waals surface area contributed by atoms with Gasteiger partial charge in [0.1, 0.15) is 0 Å². The number of nitrogens with one attached hydrogen (secondary N) is 3. The van der Waals surface area contributed by atoms with Crippen LogP contribution in [-0.2, 0) is 6.18 Å². The number of aromatic amines is 1. The van der Waals surface area contributed by atoms with Crippen LogP contribution in [0.4, 0.5) is 18.9 Å². The predicted octanol–water partition coefficient (Wildman–Crippen LogP) is 6.33. The van der Waals surface area contributed by atoms with Gasteiger partial charge in [-0.25, -0.2) is 5.43 Å². The lowest BCUT2D eigenvalue weighted by atomic mass is 10.0. The van der Waals surface area contributed by atoms with Crippen LogP contribution in [0.1, 0.15) is 49.1 Å². The van der Waals surface area contributed by atoms with E-state index in [-0.39, 0.29) is 27.1 Å². The van der Waals surface area contributed by atoms with Crippen molar-refractivity contribution < 1.29 is 22.8 Å². The highest BCUT2D eigenvalue weighted by molar-refractivity contribution is 7.99. The van der Waals surface area contributed by atoms with Crippen LogP contribution in [0.15, 0.2) is 70.9 Å². The quantitative estimate of drug-likeness (QED) is 0.0971. The van der Waals surface area contributed by atoms with Crippen molar-refractivity contribution in [2.24, 2.45) is 5.10 Å². The number of alkyl halides is 3. The summed E-state index contributed by atoms with van der Waals surface area (Å²) >= 11 is 13.2. The number of halogens is 5. The SMILES string of the molecule is CN(C)CCC(Sc1nn[nH]n1)c1cccc(C(=O)Nc2ccc(Cl)cc2C(=O)NN=Cc2ccc(Cl)c(C(F)(F)F)c2)c1. The number of hydrogen-bond donors (Lipinski definition) is 3. The van der Waals surface area contributed by atoms with Crippen molar-refractivity contribution in [2.75, 3.05) is 26.0 Å². The summed E-state index contributed by atoms with van der Waals surface area (Å²) in [5.41, 5.74) is 2.62. The van der Waals surface area contributed by atoms with Crippen molar-refractivity contribution in [3.63, 3.8) is 0 Å². The molecule has 230 valence electrons. The molecule has 44 heavy (non-hydrogen) atoms. The Morgan fingerprint density at radius 1 is 1.09 bits per heavy atom. The first-order valence-electron chi connectivity index (χ1n) is 12.9. The topological polar surface area (TPSA) is 128 Å². The molecule has 0 radical (unpaired) electrons. The minimum atomic E-state index is -4.65. The Bertz CT molecular complexity index is 1650. The molecule has 10 nitrogen and oxygen atoms in total. The van der Waals surface area contributed by atoms with E-state index in [1.165, 1.54) is 36.0 Å². The van der Waals surface area contributed by atoms with Crippen molar-refractivity contribution in [1.82, 2.24) is 30.9 Å². The molecule has 3 aromatic carbocycles. The first kappa shape index (κ1) is 32.9. The monoisotopic (exact) mass is 664 g/mol. The van der Waals surface area contributed by atoms with Crippen LogP contribution in [0.3, 0.4) is 0 Å². The maximum absolute atomic E-state index is 13.3. The van der Waals surface area contributed by atoms with Gasteiger partial charge in [0.05, 0.1) is 28.1 Å². The second-order valence-corrected chi connectivity index (χ2v) is 11.6. The number of amides is 2. The number of tetrazole rings is 1. The molecule has 3 N–H and O–H groups in total. The van der Waals surface area contributed by atoms with E-state index in [1.807, 2.05) is 25.1 Å². The van der Waals surface area contributed by atoms with Gasteiger partial charge < -0.3 is 10.2 Å². The molecular formula is C28H25Cl2F3N8O2S. The van der Waals surface area contributed by atoms with Gasteiger partial charge in [-0.15, -0.1) is 10.2 Å². The van der Waals surface area contributed by atoms with Gasteiger partial charge in [0, 0.05) is 15.8 Å². The Kier molecular flexibility index (Phi) is 11.0. The molecule has 4 rings (SSSR count). The number of H-pyrrole nitrogens is 1. The minimum Gasteiger partial charge on any atom is -0.321 e. The molecule has 0 saturated carbocycles. The highest BCUT2D eigenvalue weighted by atomic mass is 35.5. The summed E-state index contributed by atoms with van der Waals surface area (Å²) in [6, 6.07) is 14.6. The normalized spacial score (nSPS) is 12.5. The summed E-state index contributed by atoms with van der Waals surface area (Å²) in [6.07, 6.45) is -2.87. The fraction of sp³-hybridized carbons (Fsp3) is 0.214. The van der Waals surface area contributed by atoms with Gasteiger partial charge in [-0.05, 0) is 85.9 Å². The standard InChI is InChI=1S/C28H25Cl2F3N8O2S/c1-41(2)11-10-24(44-27-37-39-40-38-27)17-4-3-5-18(13-17)25(42)35-23-9-7-19(29)14-20(23)26(43)36-34-15-16-6-8-22(30)21(12-16)28(31,32)33/h3-9,12-15,24H,10-11H2,1-2H3,(H,35,42)(H,36,43)(H,37,38,39,40). The molecule has 0 spiro atoms. The Balaban J connectivity index is 1.50. The van der Waals surface area contributed by atoms with E-state index in [0.717, 1.165) is 36.9 Å². The molecule has 1 aromatic heterocycles. The number of thioether (sulfide) groups is 1. The molecule has 1 atom stereocenters. The number of hydrazone groups is 1. The Morgan fingerprint density at radius 2 is 1.89 bits per heavy atom. The Morgan fingerprint density at radius 3 is 2.59 bits per heavy atom. The molecule has 16 heteroatoms. The van der Waals surface area contributed by atoms with Crippen LogP contribution in [0.5, 0.6) is 0 Å². The second-order valence-electron chi connectivity index (χ2n) is 9.60. The second kappa shape index (κ2) is 14.7. The summed E-state index contributed by atoms with van der Waals surface area (Å²) in [5.74, 6) is -1.23. The van der Waals surface area contributed by atoms with E-state index in [1.54, 1.807) is 18.2 Å². The number of aromatic nitrogens is 4. The molecular weight excluding hydrogens is 640 g/mol. The van der Waals surface area contributed by atoms with E-state index in [2.05, 4.69) is 36.5 Å². The lowest BCUT2D eigenvalue weighted by Gasteiger charge is -2.18. The number of rotatable bonds is 11. The van der Waals surface area contributed by atoms with Gasteiger partial charge in [0.2, 0.25) is 5.16 Å². The zero-order valence-corrected chi connectivity index (χ0v) is 25.5. The number of benzene rings is 3. The van der Waals surface area contributed by atoms with Crippen molar-refractivity contribution in [2.45, 2.75) is 23.0 Å². The summed E-state index contributed by atoms with van der Waals surface area (Å²) in [6.45, 7) is 0.777. The number of nitrogens with zero attached hydrogens (tertiary/aromatic N) is 5. The van der Waals surface area contributed by atoms with Gasteiger partial charge >= 0.3 is 6.18 Å². The van der Waals surface area contributed by atoms with Crippen molar-refractivity contribution in [1.29, 1.82) is 0 Å². The first-order valence-corrected chi connectivity index (χ1v) is 14.5. The zero-order chi connectivity index (χ0) is 31.9. The van der Waals surface area contributed by atoms with E-state index in [0.29, 0.717) is 10.7 Å². The van der Waals surface area contributed by atoms with Crippen LogP contribution >= 0.6 is 35.0 Å². The molecule has 0 aliphatic carbocycles. The summed E-state index contributed by atoms with van der Waals surface area (Å²) < 4.78 is 39.5. The maximum atomic E-state index is 13.3. The van der Waals surface area contributed by atoms with Crippen LogP contribution in [0, 0.1) is 0 Å². The van der Waals surface area contributed by atoms with Crippen molar-refractivity contribution in [3.8, 4) is 0 Å². The van der Waals surface area contributed by atoms with Crippen molar-refractivity contribution in [3.05, 3.63) is 98.5 Å². The first-order chi connectivity index (χ1) is 20.9. The summed E-state index contributed by atoms with van der Waals surface area (Å²) in [7, 11) is 3.93. The summed E-state index contributed by atoms with van der Waals surface area (Å²) in [4.78, 5) is 28.3. The van der Waals surface area contributed by atoms with Gasteiger partial charge in [-0.3, -0.25) is 9.59 Å². The molecule has 1 unspecified atom stereocenters. The van der Waals surface area contributed by atoms with Gasteiger partial charge in [-0.1, -0.05) is 53.2 Å². The average Bonchev–Trinajstić information content (AvgIpc) is 3.49. The molecule has 1 heterocycles. The minimum absolute atomic E-state index is 0.0113. The fourth-order valence-electron chi connectivity index (χ4n) is 3.95. The van der Waals surface area contributed by atoms with E-state index in [9.17, 15) is 22.8 Å². The average molecular weight is 666 g/mol. The van der Waals surface area contributed by atoms with E-state index in [4.69, 9.17) is 23.2 Å². The number of hydrogen-bond acceptors (Lipinski definition) is 8. The third-order valence-electron chi connectivity index (χ3n) is 6.08. The third-order valence-corrected chi connectivity index (χ3v) is 7.82. The molecule has 0 aliphatic rings. The molecule has 0 fully saturated rings. The van der Waals surface area contributed by atoms with E-state index >= 15 is 0 Å². The van der Waals surface area contributed by atoms with Crippen LogP contribution < -0.4 is 10.7 Å². The third kappa shape index (κ3) is 9.02. The lowest BCUT2D eigenvalue weighted by molar-refractivity contribution is -0.137. The van der Waals surface area contributed by atoms with Crippen molar-refractivity contribution >= 4 is 58.7 Å². The van der Waals surface area contributed by atoms with E-state index < -0.39 is 28.6 Å². The number of carbonyl (C=O) groups is 2. The van der Waals surface area contributed by atoms with Gasteiger partial charge in [0.15, 0.2) is 0 Å². The predicted molar refractivity (Wildman–Crippen MR) is 163 cm³/mol. The largest absolute Gasteiger partial charge is 0.417 e.